The van der Waals surface area contributed by atoms with E-state index >= 15 is 0 Å². The summed E-state index contributed by atoms with van der Waals surface area (Å²) in [4.78, 5) is 49.4. The molecular weight excluding hydrogens is 416 g/mol. The van der Waals surface area contributed by atoms with E-state index in [-0.39, 0.29) is 32.5 Å². The van der Waals surface area contributed by atoms with Gasteiger partial charge in [-0.2, -0.15) is 0 Å². The molecule has 2 amide bonds. The van der Waals surface area contributed by atoms with Crippen LogP contribution in [0.5, 0.6) is 0 Å². The average Bonchev–Trinajstić information content (AvgIpc) is 2.70. The number of amides is 2. The summed E-state index contributed by atoms with van der Waals surface area (Å²) in [6, 6.07) is 7.04. The molecule has 0 unspecified atom stereocenters. The molecule has 1 rings (SSSR count). The van der Waals surface area contributed by atoms with E-state index in [0.29, 0.717) is 0 Å². The van der Waals surface area contributed by atoms with Crippen LogP contribution in [0, 0.1) is 0 Å². The summed E-state index contributed by atoms with van der Waals surface area (Å²) in [7, 11) is 0. The molecule has 0 aromatic heterocycles. The Morgan fingerprint density at radius 2 is 1.53 bits per heavy atom. The van der Waals surface area contributed by atoms with E-state index in [1.54, 1.807) is 34.6 Å². The van der Waals surface area contributed by atoms with Crippen molar-refractivity contribution in [1.82, 2.24) is 10.6 Å². The molecule has 9 heteroatoms. The van der Waals surface area contributed by atoms with Gasteiger partial charge < -0.3 is 24.8 Å². The predicted molar refractivity (Wildman–Crippen MR) is 118 cm³/mol. The molecule has 0 fully saturated rings. The van der Waals surface area contributed by atoms with Gasteiger partial charge in [-0.25, -0.2) is 9.59 Å². The number of ether oxygens (including phenoxy) is 3. The quantitative estimate of drug-likeness (QED) is 0.393. The predicted octanol–water partition coefficient (Wildman–Crippen LogP) is 2.51. The molecule has 9 nitrogen and oxygen atoms in total. The first-order chi connectivity index (χ1) is 15.1. The first-order valence-corrected chi connectivity index (χ1v) is 10.7. The van der Waals surface area contributed by atoms with Crippen molar-refractivity contribution in [3.8, 4) is 0 Å². The molecule has 1 aromatic carbocycles. The van der Waals surface area contributed by atoms with Crippen LogP contribution in [0.15, 0.2) is 30.3 Å². The van der Waals surface area contributed by atoms with Crippen LogP contribution in [0.3, 0.4) is 0 Å². The normalized spacial score (nSPS) is 12.8. The van der Waals surface area contributed by atoms with Crippen LogP contribution in [0.2, 0.25) is 0 Å². The second-order valence-corrected chi connectivity index (χ2v) is 8.05. The van der Waals surface area contributed by atoms with Gasteiger partial charge in [0.1, 0.15) is 17.7 Å². The Labute approximate surface area is 189 Å². The van der Waals surface area contributed by atoms with Crippen molar-refractivity contribution in [1.29, 1.82) is 0 Å². The summed E-state index contributed by atoms with van der Waals surface area (Å²) < 4.78 is 15.2. The molecule has 2 N–H and O–H groups in total. The molecule has 32 heavy (non-hydrogen) atoms. The molecule has 0 radical (unpaired) electrons. The van der Waals surface area contributed by atoms with Crippen LogP contribution in [0.4, 0.5) is 4.79 Å². The summed E-state index contributed by atoms with van der Waals surface area (Å²) >= 11 is 0. The first-order valence-electron chi connectivity index (χ1n) is 10.7. The number of carbonyl (C=O) groups excluding carboxylic acids is 4. The van der Waals surface area contributed by atoms with Gasteiger partial charge in [0, 0.05) is 12.8 Å². The number of esters is 2. The standard InChI is InChI=1S/C23H34N2O7/c1-6-30-19(26)14-13-17(21(28)31-7-2)24-20(27)18(15-16-11-9-8-10-12-16)25-22(29)32-23(3,4)5/h8-12,17-18H,6-7,13-15H2,1-5H3,(H,24,27)(H,25,29)/t17-,18+/m1/s1. The number of rotatable bonds is 11. The second-order valence-electron chi connectivity index (χ2n) is 8.05. The Morgan fingerprint density at radius 1 is 0.906 bits per heavy atom. The van der Waals surface area contributed by atoms with Gasteiger partial charge in [0.2, 0.25) is 5.91 Å². The molecule has 178 valence electrons. The number of hydrogen-bond acceptors (Lipinski definition) is 7. The molecule has 0 saturated carbocycles. The Bertz CT molecular complexity index is 759. The van der Waals surface area contributed by atoms with Gasteiger partial charge in [0.15, 0.2) is 0 Å². The molecule has 0 aliphatic rings. The summed E-state index contributed by atoms with van der Waals surface area (Å²) in [5.41, 5.74) is 0.0632. The summed E-state index contributed by atoms with van der Waals surface area (Å²) in [6.07, 6.45) is -0.638. The van der Waals surface area contributed by atoms with Crippen molar-refractivity contribution in [3.63, 3.8) is 0 Å². The lowest BCUT2D eigenvalue weighted by Crippen LogP contribution is -2.53. The fourth-order valence-electron chi connectivity index (χ4n) is 2.77. The van der Waals surface area contributed by atoms with Crippen LogP contribution < -0.4 is 10.6 Å². The van der Waals surface area contributed by atoms with Crippen molar-refractivity contribution in [2.24, 2.45) is 0 Å². The van der Waals surface area contributed by atoms with Gasteiger partial charge in [-0.1, -0.05) is 30.3 Å². The minimum absolute atomic E-state index is 0.00784. The zero-order valence-corrected chi connectivity index (χ0v) is 19.4. The highest BCUT2D eigenvalue weighted by Gasteiger charge is 2.29. The molecule has 2 atom stereocenters. The van der Waals surface area contributed by atoms with Crippen LogP contribution in [-0.2, 0) is 35.0 Å². The third-order valence-corrected chi connectivity index (χ3v) is 4.12. The minimum atomic E-state index is -1.06. The number of carbonyl (C=O) groups is 4. The topological polar surface area (TPSA) is 120 Å². The van der Waals surface area contributed by atoms with Crippen molar-refractivity contribution in [2.75, 3.05) is 13.2 Å². The number of alkyl carbamates (subject to hydrolysis) is 1. The fourth-order valence-corrected chi connectivity index (χ4v) is 2.77. The van der Waals surface area contributed by atoms with E-state index in [0.717, 1.165) is 5.56 Å². The minimum Gasteiger partial charge on any atom is -0.466 e. The highest BCUT2D eigenvalue weighted by Crippen LogP contribution is 2.10. The van der Waals surface area contributed by atoms with Gasteiger partial charge in [-0.3, -0.25) is 9.59 Å². The van der Waals surface area contributed by atoms with Gasteiger partial charge in [0.05, 0.1) is 13.2 Å². The van der Waals surface area contributed by atoms with Crippen LogP contribution in [-0.4, -0.2) is 54.8 Å². The van der Waals surface area contributed by atoms with Gasteiger partial charge in [0.25, 0.3) is 0 Å². The number of benzene rings is 1. The van der Waals surface area contributed by atoms with Gasteiger partial charge in [-0.15, -0.1) is 0 Å². The van der Waals surface area contributed by atoms with Crippen molar-refractivity contribution in [2.45, 2.75) is 71.6 Å². The summed E-state index contributed by atoms with van der Waals surface area (Å²) in [5, 5.41) is 5.16. The Morgan fingerprint density at radius 3 is 2.09 bits per heavy atom. The maximum absolute atomic E-state index is 13.0. The molecule has 0 spiro atoms. The zero-order chi connectivity index (χ0) is 24.1. The van der Waals surface area contributed by atoms with Crippen molar-refractivity contribution >= 4 is 23.9 Å². The third-order valence-electron chi connectivity index (χ3n) is 4.12. The average molecular weight is 451 g/mol. The maximum Gasteiger partial charge on any atom is 0.408 e. The molecule has 0 aliphatic heterocycles. The van der Waals surface area contributed by atoms with E-state index < -0.39 is 41.6 Å². The highest BCUT2D eigenvalue weighted by molar-refractivity contribution is 5.90. The van der Waals surface area contributed by atoms with Crippen LogP contribution >= 0.6 is 0 Å². The molecule has 0 saturated heterocycles. The number of hydrogen-bond donors (Lipinski definition) is 2. The first kappa shape index (κ1) is 26.9. The van der Waals surface area contributed by atoms with E-state index in [2.05, 4.69) is 10.6 Å². The lowest BCUT2D eigenvalue weighted by Gasteiger charge is -2.25. The van der Waals surface area contributed by atoms with Crippen LogP contribution in [0.1, 0.15) is 53.0 Å². The summed E-state index contributed by atoms with van der Waals surface area (Å²) in [6.45, 7) is 8.80. The largest absolute Gasteiger partial charge is 0.466 e. The molecule has 0 bridgehead atoms. The second kappa shape index (κ2) is 13.3. The van der Waals surface area contributed by atoms with Crippen LogP contribution in [0.25, 0.3) is 0 Å². The summed E-state index contributed by atoms with van der Waals surface area (Å²) in [5.74, 6) is -1.74. The van der Waals surface area contributed by atoms with Gasteiger partial charge >= 0.3 is 18.0 Å². The van der Waals surface area contributed by atoms with Gasteiger partial charge in [-0.05, 0) is 46.6 Å². The maximum atomic E-state index is 13.0. The number of nitrogens with one attached hydrogen (secondary N) is 2. The fraction of sp³-hybridized carbons (Fsp3) is 0.565. The van der Waals surface area contributed by atoms with E-state index in [1.807, 2.05) is 30.3 Å². The molecular formula is C23H34N2O7. The van der Waals surface area contributed by atoms with E-state index in [1.165, 1.54) is 0 Å². The van der Waals surface area contributed by atoms with Crippen molar-refractivity contribution < 1.29 is 33.4 Å². The Balaban J connectivity index is 2.97. The zero-order valence-electron chi connectivity index (χ0n) is 19.4. The van der Waals surface area contributed by atoms with E-state index in [4.69, 9.17) is 14.2 Å². The smallest absolute Gasteiger partial charge is 0.408 e. The lowest BCUT2D eigenvalue weighted by atomic mass is 10.0. The third kappa shape index (κ3) is 10.8. The molecule has 0 aliphatic carbocycles. The SMILES string of the molecule is CCOC(=O)CC[C@@H](NC(=O)[C@H](Cc1ccccc1)NC(=O)OC(C)(C)C)C(=O)OCC. The Hall–Kier alpha value is -3.10. The highest BCUT2D eigenvalue weighted by atomic mass is 16.6. The lowest BCUT2D eigenvalue weighted by molar-refractivity contribution is -0.149. The molecule has 0 heterocycles. The Kier molecular flexibility index (Phi) is 11.2. The van der Waals surface area contributed by atoms with E-state index in [9.17, 15) is 19.2 Å². The monoisotopic (exact) mass is 450 g/mol. The molecule has 1 aromatic rings. The van der Waals surface area contributed by atoms with Crippen molar-refractivity contribution in [3.05, 3.63) is 35.9 Å².